The molecule has 0 aliphatic rings. The Labute approximate surface area is 104 Å². The molecule has 2 aromatic heterocycles. The molecular weight excluding hydrogens is 234 g/mol. The second-order valence-electron chi connectivity index (χ2n) is 3.61. The molecule has 0 unspecified atom stereocenters. The summed E-state index contributed by atoms with van der Waals surface area (Å²) < 4.78 is 0. The molecule has 0 fully saturated rings. The van der Waals surface area contributed by atoms with E-state index in [1.54, 1.807) is 19.3 Å². The third kappa shape index (κ3) is 3.42. The van der Waals surface area contributed by atoms with Crippen molar-refractivity contribution in [1.29, 1.82) is 0 Å². The zero-order chi connectivity index (χ0) is 12.1. The molecule has 0 radical (unpaired) electrons. The minimum absolute atomic E-state index is 0.167. The molecule has 4 nitrogen and oxygen atoms in total. The van der Waals surface area contributed by atoms with Crippen LogP contribution in [0.25, 0.3) is 17.1 Å². The second kappa shape index (κ2) is 5.63. The molecule has 17 heavy (non-hydrogen) atoms. The minimum atomic E-state index is 0.167. The molecule has 88 valence electrons. The number of carbonyl (C=O) groups excluding carboxylic acids is 1. The number of fused-ring (bicyclic) bond motifs is 1. The number of thioether (sulfide) groups is 1. The van der Waals surface area contributed by atoms with Gasteiger partial charge in [0.05, 0.1) is 6.20 Å². The molecule has 0 saturated carbocycles. The van der Waals surface area contributed by atoms with Gasteiger partial charge in [-0.1, -0.05) is 23.9 Å². The highest BCUT2D eigenvalue weighted by Gasteiger charge is 1.96. The Morgan fingerprint density at radius 2 is 2.41 bits per heavy atom. The number of nitrogens with zero attached hydrogens (tertiary/aromatic N) is 2. The number of carbonyl (C=O) groups is 1. The Hall–Kier alpha value is -1.62. The van der Waals surface area contributed by atoms with Crippen molar-refractivity contribution in [3.05, 3.63) is 30.1 Å². The smallest absolute Gasteiger partial charge is 0.185 e. The van der Waals surface area contributed by atoms with Crippen LogP contribution in [-0.2, 0) is 4.79 Å². The summed E-state index contributed by atoms with van der Waals surface area (Å²) >= 11 is 1.35. The lowest BCUT2D eigenvalue weighted by atomic mass is 10.2. The number of rotatable bonds is 4. The number of aromatic amines is 1. The van der Waals surface area contributed by atoms with Gasteiger partial charge in [0, 0.05) is 24.3 Å². The average Bonchev–Trinajstić information content (AvgIpc) is 2.75. The van der Waals surface area contributed by atoms with Crippen LogP contribution in [0.2, 0.25) is 0 Å². The van der Waals surface area contributed by atoms with Crippen molar-refractivity contribution in [3.8, 4) is 0 Å². The normalized spacial score (nSPS) is 11.4. The number of hydrogen-bond donors (Lipinski definition) is 1. The van der Waals surface area contributed by atoms with Gasteiger partial charge in [0.2, 0.25) is 0 Å². The maximum atomic E-state index is 10.7. The molecule has 2 aromatic rings. The van der Waals surface area contributed by atoms with Crippen LogP contribution in [0.5, 0.6) is 0 Å². The fourth-order valence-electron chi connectivity index (χ4n) is 1.43. The van der Waals surface area contributed by atoms with Crippen LogP contribution in [0.3, 0.4) is 0 Å². The van der Waals surface area contributed by atoms with E-state index in [0.717, 1.165) is 28.8 Å². The summed E-state index contributed by atoms with van der Waals surface area (Å²) in [4.78, 5) is 15.0. The van der Waals surface area contributed by atoms with Gasteiger partial charge < -0.3 is 0 Å². The fraction of sp³-hybridized carbons (Fsp3) is 0.250. The molecule has 2 rings (SSSR count). The maximum absolute atomic E-state index is 10.7. The summed E-state index contributed by atoms with van der Waals surface area (Å²) in [6.45, 7) is 1.59. The van der Waals surface area contributed by atoms with E-state index in [4.69, 9.17) is 0 Å². The van der Waals surface area contributed by atoms with E-state index in [9.17, 15) is 4.79 Å². The van der Waals surface area contributed by atoms with E-state index >= 15 is 0 Å². The molecule has 0 saturated heterocycles. The van der Waals surface area contributed by atoms with E-state index in [2.05, 4.69) is 21.3 Å². The van der Waals surface area contributed by atoms with E-state index in [1.807, 2.05) is 12.1 Å². The maximum Gasteiger partial charge on any atom is 0.185 e. The summed E-state index contributed by atoms with van der Waals surface area (Å²) in [5.74, 6) is 0.827. The molecule has 0 aliphatic carbocycles. The lowest BCUT2D eigenvalue weighted by Crippen LogP contribution is -1.84. The Morgan fingerprint density at radius 3 is 3.24 bits per heavy atom. The Morgan fingerprint density at radius 1 is 1.53 bits per heavy atom. The Balaban J connectivity index is 1.93. The molecule has 1 N–H and O–H groups in total. The van der Waals surface area contributed by atoms with Gasteiger partial charge in [0.15, 0.2) is 10.8 Å². The summed E-state index contributed by atoms with van der Waals surface area (Å²) in [7, 11) is 0. The van der Waals surface area contributed by atoms with E-state index in [-0.39, 0.29) is 5.12 Å². The zero-order valence-electron chi connectivity index (χ0n) is 9.51. The highest BCUT2D eigenvalue weighted by atomic mass is 32.2. The van der Waals surface area contributed by atoms with Gasteiger partial charge in [-0.25, -0.2) is 4.98 Å². The van der Waals surface area contributed by atoms with Crippen molar-refractivity contribution >= 4 is 34.0 Å². The van der Waals surface area contributed by atoms with Crippen LogP contribution in [-0.4, -0.2) is 26.0 Å². The molecule has 0 atom stereocenters. The fourth-order valence-corrected chi connectivity index (χ4v) is 1.98. The van der Waals surface area contributed by atoms with Crippen molar-refractivity contribution in [2.24, 2.45) is 0 Å². The number of aromatic nitrogens is 3. The first-order valence-electron chi connectivity index (χ1n) is 5.35. The van der Waals surface area contributed by atoms with Crippen LogP contribution in [0.4, 0.5) is 0 Å². The molecule has 0 spiro atoms. The molecule has 2 heterocycles. The van der Waals surface area contributed by atoms with E-state index in [1.165, 1.54) is 11.8 Å². The topological polar surface area (TPSA) is 58.6 Å². The summed E-state index contributed by atoms with van der Waals surface area (Å²) in [5, 5.41) is 7.90. The number of allylic oxidation sites excluding steroid dienone is 1. The van der Waals surface area contributed by atoms with E-state index < -0.39 is 0 Å². The first-order valence-corrected chi connectivity index (χ1v) is 6.33. The number of nitrogens with one attached hydrogen (secondary N) is 1. The van der Waals surface area contributed by atoms with Crippen LogP contribution in [0.1, 0.15) is 18.9 Å². The SMILES string of the molecule is CC(=O)SCCC=Cc1cnc2[nH]ncc2c1. The lowest BCUT2D eigenvalue weighted by Gasteiger charge is -1.94. The monoisotopic (exact) mass is 247 g/mol. The van der Waals surface area contributed by atoms with E-state index in [0.29, 0.717) is 0 Å². The summed E-state index contributed by atoms with van der Waals surface area (Å²) in [6.07, 6.45) is 8.51. The average molecular weight is 247 g/mol. The molecule has 0 aromatic carbocycles. The molecular formula is C12H13N3OS. The van der Waals surface area contributed by atoms with Gasteiger partial charge in [0.1, 0.15) is 0 Å². The third-order valence-corrected chi connectivity index (χ3v) is 3.06. The van der Waals surface area contributed by atoms with Gasteiger partial charge in [-0.2, -0.15) is 5.10 Å². The van der Waals surface area contributed by atoms with Gasteiger partial charge in [0.25, 0.3) is 0 Å². The largest absolute Gasteiger partial charge is 0.288 e. The van der Waals surface area contributed by atoms with Gasteiger partial charge >= 0.3 is 0 Å². The first-order chi connectivity index (χ1) is 8.25. The molecule has 5 heteroatoms. The number of hydrogen-bond acceptors (Lipinski definition) is 4. The van der Waals surface area contributed by atoms with Crippen molar-refractivity contribution in [2.75, 3.05) is 5.75 Å². The van der Waals surface area contributed by atoms with Crippen molar-refractivity contribution in [3.63, 3.8) is 0 Å². The van der Waals surface area contributed by atoms with Crippen molar-refractivity contribution < 1.29 is 4.79 Å². The van der Waals surface area contributed by atoms with Crippen LogP contribution in [0.15, 0.2) is 24.5 Å². The highest BCUT2D eigenvalue weighted by Crippen LogP contribution is 2.11. The van der Waals surface area contributed by atoms with Gasteiger partial charge in [-0.05, 0) is 18.1 Å². The highest BCUT2D eigenvalue weighted by molar-refractivity contribution is 8.13. The summed E-state index contributed by atoms with van der Waals surface area (Å²) in [5.41, 5.74) is 1.85. The van der Waals surface area contributed by atoms with Crippen molar-refractivity contribution in [2.45, 2.75) is 13.3 Å². The first kappa shape index (κ1) is 11.9. The summed E-state index contributed by atoms with van der Waals surface area (Å²) in [6, 6.07) is 2.03. The lowest BCUT2D eigenvalue weighted by molar-refractivity contribution is -0.109. The molecule has 0 bridgehead atoms. The predicted molar refractivity (Wildman–Crippen MR) is 70.7 cm³/mol. The molecule has 0 amide bonds. The zero-order valence-corrected chi connectivity index (χ0v) is 10.3. The Kier molecular flexibility index (Phi) is 3.93. The van der Waals surface area contributed by atoms with Crippen molar-refractivity contribution in [1.82, 2.24) is 15.2 Å². The minimum Gasteiger partial charge on any atom is -0.288 e. The predicted octanol–water partition coefficient (Wildman–Crippen LogP) is 2.64. The standard InChI is InChI=1S/C12H13N3OS/c1-9(16)17-5-3-2-4-10-6-11-8-14-15-12(11)13-7-10/h2,4,6-8H,3,5H2,1H3,(H,13,14,15). The van der Waals surface area contributed by atoms with Crippen LogP contribution >= 0.6 is 11.8 Å². The van der Waals surface area contributed by atoms with Crippen LogP contribution in [0, 0.1) is 0 Å². The number of H-pyrrole nitrogens is 1. The third-order valence-electron chi connectivity index (χ3n) is 2.21. The second-order valence-corrected chi connectivity index (χ2v) is 4.88. The molecule has 0 aliphatic heterocycles. The van der Waals surface area contributed by atoms with Crippen LogP contribution < -0.4 is 0 Å². The van der Waals surface area contributed by atoms with Gasteiger partial charge in [-0.15, -0.1) is 0 Å². The number of pyridine rings is 1. The van der Waals surface area contributed by atoms with Gasteiger partial charge in [-0.3, -0.25) is 9.89 Å². The quantitative estimate of drug-likeness (QED) is 0.844. The Bertz CT molecular complexity index is 547.